The lowest BCUT2D eigenvalue weighted by Crippen LogP contribution is -2.31. The molecule has 0 spiro atoms. The van der Waals surface area contributed by atoms with Crippen LogP contribution in [0.3, 0.4) is 0 Å². The third-order valence-corrected chi connectivity index (χ3v) is 4.21. The molecule has 1 saturated heterocycles. The molecule has 1 heterocycles. The Morgan fingerprint density at radius 1 is 1.08 bits per heavy atom. The van der Waals surface area contributed by atoms with E-state index in [0.29, 0.717) is 28.5 Å². The van der Waals surface area contributed by atoms with Crippen LogP contribution in [-0.2, 0) is 4.74 Å². The molecule has 3 amide bonds. The van der Waals surface area contributed by atoms with Crippen molar-refractivity contribution in [2.24, 2.45) is 0 Å². The van der Waals surface area contributed by atoms with Crippen LogP contribution in [0.2, 0.25) is 5.02 Å². The first-order chi connectivity index (χ1) is 12.6. The van der Waals surface area contributed by atoms with Gasteiger partial charge in [0.05, 0.1) is 6.10 Å². The molecule has 1 fully saturated rings. The van der Waals surface area contributed by atoms with Gasteiger partial charge in [-0.1, -0.05) is 23.7 Å². The van der Waals surface area contributed by atoms with Crippen LogP contribution in [0, 0.1) is 0 Å². The maximum absolute atomic E-state index is 12.3. The predicted octanol–water partition coefficient (Wildman–Crippen LogP) is 3.89. The maximum atomic E-state index is 12.3. The van der Waals surface area contributed by atoms with Crippen molar-refractivity contribution in [1.29, 1.82) is 0 Å². The SMILES string of the molecule is O=C(Nc1cccc(Cl)c1)Nc1cccc(C(=O)NCC2CCCO2)c1. The summed E-state index contributed by atoms with van der Waals surface area (Å²) in [7, 11) is 0. The zero-order chi connectivity index (χ0) is 18.4. The fourth-order valence-electron chi connectivity index (χ4n) is 2.71. The fourth-order valence-corrected chi connectivity index (χ4v) is 2.90. The van der Waals surface area contributed by atoms with Gasteiger partial charge in [0.2, 0.25) is 0 Å². The summed E-state index contributed by atoms with van der Waals surface area (Å²) in [4.78, 5) is 24.3. The van der Waals surface area contributed by atoms with Crippen LogP contribution in [0.4, 0.5) is 16.2 Å². The van der Waals surface area contributed by atoms with Gasteiger partial charge >= 0.3 is 6.03 Å². The molecule has 0 aliphatic carbocycles. The zero-order valence-electron chi connectivity index (χ0n) is 14.1. The first-order valence-electron chi connectivity index (χ1n) is 8.43. The van der Waals surface area contributed by atoms with Gasteiger partial charge in [-0.25, -0.2) is 4.79 Å². The van der Waals surface area contributed by atoms with Crippen LogP contribution in [0.5, 0.6) is 0 Å². The van der Waals surface area contributed by atoms with Crippen LogP contribution < -0.4 is 16.0 Å². The molecular formula is C19H20ClN3O3. The Kier molecular flexibility index (Phi) is 6.09. The lowest BCUT2D eigenvalue weighted by atomic mass is 10.1. The highest BCUT2D eigenvalue weighted by molar-refractivity contribution is 6.30. The van der Waals surface area contributed by atoms with E-state index in [2.05, 4.69) is 16.0 Å². The smallest absolute Gasteiger partial charge is 0.323 e. The number of hydrogen-bond acceptors (Lipinski definition) is 3. The number of carbonyl (C=O) groups is 2. The molecule has 7 heteroatoms. The molecular weight excluding hydrogens is 354 g/mol. The van der Waals surface area contributed by atoms with E-state index in [1.165, 1.54) is 0 Å². The molecule has 2 aromatic rings. The van der Waals surface area contributed by atoms with Crippen molar-refractivity contribution in [3.8, 4) is 0 Å². The number of rotatable bonds is 5. The molecule has 0 aromatic heterocycles. The first kappa shape index (κ1) is 18.2. The summed E-state index contributed by atoms with van der Waals surface area (Å²) in [6.07, 6.45) is 2.08. The van der Waals surface area contributed by atoms with Crippen LogP contribution >= 0.6 is 11.6 Å². The van der Waals surface area contributed by atoms with E-state index in [9.17, 15) is 9.59 Å². The van der Waals surface area contributed by atoms with Gasteiger partial charge in [-0.05, 0) is 49.2 Å². The Labute approximate surface area is 156 Å². The maximum Gasteiger partial charge on any atom is 0.323 e. The Balaban J connectivity index is 1.56. The van der Waals surface area contributed by atoms with Gasteiger partial charge in [0.1, 0.15) is 0 Å². The molecule has 1 atom stereocenters. The minimum Gasteiger partial charge on any atom is -0.376 e. The Hall–Kier alpha value is -2.57. The Morgan fingerprint density at radius 3 is 2.50 bits per heavy atom. The second-order valence-corrected chi connectivity index (χ2v) is 6.45. The van der Waals surface area contributed by atoms with E-state index in [-0.39, 0.29) is 12.0 Å². The molecule has 3 rings (SSSR count). The van der Waals surface area contributed by atoms with Gasteiger partial charge in [0, 0.05) is 35.1 Å². The molecule has 1 aliphatic heterocycles. The quantitative estimate of drug-likeness (QED) is 0.743. The molecule has 136 valence electrons. The average molecular weight is 374 g/mol. The summed E-state index contributed by atoms with van der Waals surface area (Å²) in [5.74, 6) is -0.195. The van der Waals surface area contributed by atoms with E-state index in [1.54, 1.807) is 48.5 Å². The van der Waals surface area contributed by atoms with Gasteiger partial charge < -0.3 is 20.7 Å². The Morgan fingerprint density at radius 2 is 1.81 bits per heavy atom. The molecule has 0 saturated carbocycles. The number of anilines is 2. The molecule has 1 aliphatic rings. The number of amides is 3. The number of carbonyl (C=O) groups excluding carboxylic acids is 2. The minimum absolute atomic E-state index is 0.0868. The van der Waals surface area contributed by atoms with Gasteiger partial charge in [-0.3, -0.25) is 4.79 Å². The highest BCUT2D eigenvalue weighted by Gasteiger charge is 2.16. The van der Waals surface area contributed by atoms with Crippen molar-refractivity contribution in [2.45, 2.75) is 18.9 Å². The third kappa shape index (κ3) is 5.21. The number of ether oxygens (including phenoxy) is 1. The first-order valence-corrected chi connectivity index (χ1v) is 8.81. The normalized spacial score (nSPS) is 16.1. The van der Waals surface area contributed by atoms with Gasteiger partial charge in [0.25, 0.3) is 5.91 Å². The number of benzene rings is 2. The Bertz CT molecular complexity index is 791. The fraction of sp³-hybridized carbons (Fsp3) is 0.263. The minimum atomic E-state index is -0.413. The second-order valence-electron chi connectivity index (χ2n) is 6.02. The number of halogens is 1. The standard InChI is InChI=1S/C19H20ClN3O3/c20-14-5-2-7-16(11-14)23-19(25)22-15-6-1-4-13(10-15)18(24)21-12-17-8-3-9-26-17/h1-2,4-7,10-11,17H,3,8-9,12H2,(H,21,24)(H2,22,23,25). The van der Waals surface area contributed by atoms with Crippen molar-refractivity contribution in [3.63, 3.8) is 0 Å². The average Bonchev–Trinajstić information content (AvgIpc) is 3.13. The molecule has 3 N–H and O–H groups in total. The zero-order valence-corrected chi connectivity index (χ0v) is 14.9. The molecule has 0 radical (unpaired) electrons. The summed E-state index contributed by atoms with van der Waals surface area (Å²) in [6.45, 7) is 1.24. The van der Waals surface area contributed by atoms with Crippen LogP contribution in [0.1, 0.15) is 23.2 Å². The van der Waals surface area contributed by atoms with Gasteiger partial charge in [0.15, 0.2) is 0 Å². The molecule has 2 aromatic carbocycles. The van der Waals surface area contributed by atoms with Crippen molar-refractivity contribution in [1.82, 2.24) is 5.32 Å². The van der Waals surface area contributed by atoms with E-state index in [4.69, 9.17) is 16.3 Å². The predicted molar refractivity (Wildman–Crippen MR) is 102 cm³/mol. The second kappa shape index (κ2) is 8.69. The number of urea groups is 1. The molecule has 26 heavy (non-hydrogen) atoms. The van der Waals surface area contributed by atoms with Crippen molar-refractivity contribution in [2.75, 3.05) is 23.8 Å². The van der Waals surface area contributed by atoms with Crippen molar-refractivity contribution >= 4 is 34.9 Å². The van der Waals surface area contributed by atoms with Crippen LogP contribution in [0.15, 0.2) is 48.5 Å². The highest BCUT2D eigenvalue weighted by atomic mass is 35.5. The molecule has 6 nitrogen and oxygen atoms in total. The third-order valence-electron chi connectivity index (χ3n) is 3.98. The lowest BCUT2D eigenvalue weighted by molar-refractivity contribution is 0.0858. The van der Waals surface area contributed by atoms with Crippen molar-refractivity contribution < 1.29 is 14.3 Å². The number of hydrogen-bond donors (Lipinski definition) is 3. The largest absolute Gasteiger partial charge is 0.376 e. The molecule has 0 bridgehead atoms. The van der Waals surface area contributed by atoms with Crippen molar-refractivity contribution in [3.05, 3.63) is 59.1 Å². The van der Waals surface area contributed by atoms with E-state index >= 15 is 0 Å². The van der Waals surface area contributed by atoms with E-state index in [1.807, 2.05) is 0 Å². The van der Waals surface area contributed by atoms with Crippen LogP contribution in [-0.4, -0.2) is 31.2 Å². The lowest BCUT2D eigenvalue weighted by Gasteiger charge is -2.12. The number of nitrogens with one attached hydrogen (secondary N) is 3. The van der Waals surface area contributed by atoms with E-state index in [0.717, 1.165) is 19.4 Å². The van der Waals surface area contributed by atoms with Gasteiger partial charge in [-0.15, -0.1) is 0 Å². The topological polar surface area (TPSA) is 79.5 Å². The summed E-state index contributed by atoms with van der Waals surface area (Å²) in [5.41, 5.74) is 1.58. The highest BCUT2D eigenvalue weighted by Crippen LogP contribution is 2.16. The monoisotopic (exact) mass is 373 g/mol. The molecule has 1 unspecified atom stereocenters. The summed E-state index contributed by atoms with van der Waals surface area (Å²) < 4.78 is 5.49. The van der Waals surface area contributed by atoms with E-state index < -0.39 is 6.03 Å². The van der Waals surface area contributed by atoms with Crippen LogP contribution in [0.25, 0.3) is 0 Å². The summed E-state index contributed by atoms with van der Waals surface area (Å²) in [5, 5.41) is 8.79. The van der Waals surface area contributed by atoms with Gasteiger partial charge in [-0.2, -0.15) is 0 Å². The summed E-state index contributed by atoms with van der Waals surface area (Å²) in [6, 6.07) is 13.2. The summed E-state index contributed by atoms with van der Waals surface area (Å²) >= 11 is 5.90.